The van der Waals surface area contributed by atoms with Gasteiger partial charge in [-0.2, -0.15) is 0 Å². The maximum Gasteiger partial charge on any atom is 0.156 e. The van der Waals surface area contributed by atoms with Crippen LogP contribution in [0, 0.1) is 0 Å². The quantitative estimate of drug-likeness (QED) is 0.372. The third kappa shape index (κ3) is 6.58. The van der Waals surface area contributed by atoms with Crippen molar-refractivity contribution in [3.8, 4) is 11.5 Å². The lowest BCUT2D eigenvalue weighted by Crippen LogP contribution is -2.00. The van der Waals surface area contributed by atoms with Crippen molar-refractivity contribution in [1.29, 1.82) is 0 Å². The van der Waals surface area contributed by atoms with Crippen LogP contribution in [0.4, 0.5) is 0 Å². The Morgan fingerprint density at radius 1 is 1.16 bits per heavy atom. The number of halogens is 5. The molecule has 0 aliphatic heterocycles. The molecule has 1 aromatic rings. The van der Waals surface area contributed by atoms with Crippen molar-refractivity contribution in [3.05, 3.63) is 31.6 Å². The molecule has 1 rings (SSSR count). The number of hydrogen-bond donors (Lipinski definition) is 0. The molecule has 2 nitrogen and oxygen atoms in total. The van der Waals surface area contributed by atoms with Gasteiger partial charge in [-0.25, -0.2) is 0 Å². The van der Waals surface area contributed by atoms with Crippen LogP contribution in [-0.2, 0) is 0 Å². The third-order valence-electron chi connectivity index (χ3n) is 1.98. The van der Waals surface area contributed by atoms with Gasteiger partial charge in [-0.1, -0.05) is 23.2 Å². The predicted octanol–water partition coefficient (Wildman–Crippen LogP) is 6.01. The summed E-state index contributed by atoms with van der Waals surface area (Å²) in [6.07, 6.45) is 2.54. The summed E-state index contributed by atoms with van der Waals surface area (Å²) in [5.74, 6) is 1.57. The first kappa shape index (κ1) is 17.4. The van der Waals surface area contributed by atoms with Crippen molar-refractivity contribution in [3.63, 3.8) is 0 Å². The van der Waals surface area contributed by atoms with Crippen LogP contribution in [0.3, 0.4) is 0 Å². The smallest absolute Gasteiger partial charge is 0.156 e. The molecule has 0 atom stereocenters. The molecule has 7 heteroatoms. The van der Waals surface area contributed by atoms with Crippen molar-refractivity contribution in [2.24, 2.45) is 0 Å². The van der Waals surface area contributed by atoms with Gasteiger partial charge in [0.1, 0.15) is 12.4 Å². The van der Waals surface area contributed by atoms with E-state index in [2.05, 4.69) is 31.9 Å². The minimum Gasteiger partial charge on any atom is -0.490 e. The topological polar surface area (TPSA) is 18.5 Å². The van der Waals surface area contributed by atoms with Crippen LogP contribution >= 0.6 is 66.7 Å². The van der Waals surface area contributed by atoms with E-state index < -0.39 is 0 Å². The summed E-state index contributed by atoms with van der Waals surface area (Å²) in [6, 6.07) is 3.33. The third-order valence-corrected chi connectivity index (χ3v) is 3.46. The molecule has 19 heavy (non-hydrogen) atoms. The lowest BCUT2D eigenvalue weighted by atomic mass is 10.3. The molecule has 1 aromatic carbocycles. The summed E-state index contributed by atoms with van der Waals surface area (Å²) >= 11 is 24.3. The van der Waals surface area contributed by atoms with Crippen LogP contribution < -0.4 is 9.47 Å². The average molecular weight is 453 g/mol. The van der Waals surface area contributed by atoms with Crippen molar-refractivity contribution >= 4 is 66.7 Å². The molecule has 0 amide bonds. The van der Waals surface area contributed by atoms with E-state index in [4.69, 9.17) is 44.3 Å². The number of hydrogen-bond acceptors (Lipinski definition) is 2. The highest BCUT2D eigenvalue weighted by molar-refractivity contribution is 9.28. The molecule has 0 heterocycles. The lowest BCUT2D eigenvalue weighted by Gasteiger charge is -2.11. The molecule has 0 aromatic heterocycles. The van der Waals surface area contributed by atoms with Gasteiger partial charge in [0.2, 0.25) is 0 Å². The van der Waals surface area contributed by atoms with Crippen LogP contribution in [-0.4, -0.2) is 19.1 Å². The van der Waals surface area contributed by atoms with Gasteiger partial charge in [0.15, 0.2) is 5.75 Å². The Bertz CT molecular complexity index is 426. The second kappa shape index (κ2) is 9.35. The van der Waals surface area contributed by atoms with Gasteiger partial charge in [-0.15, -0.1) is 11.6 Å². The zero-order valence-corrected chi connectivity index (χ0v) is 15.2. The first-order valence-corrected chi connectivity index (χ1v) is 8.24. The standard InChI is InChI=1S/C12H11Br2Cl3O2/c13-11(14)2-5-18-8-6-9(16)12(10(17)7-8)19-4-1-3-15/h2,6-7H,1,3-5H2. The van der Waals surface area contributed by atoms with E-state index in [1.165, 1.54) is 0 Å². The van der Waals surface area contributed by atoms with Crippen molar-refractivity contribution < 1.29 is 9.47 Å². The van der Waals surface area contributed by atoms with Crippen LogP contribution in [0.2, 0.25) is 10.0 Å². The second-order valence-corrected chi connectivity index (χ2v) is 7.38. The highest BCUT2D eigenvalue weighted by Gasteiger charge is 2.10. The van der Waals surface area contributed by atoms with Crippen molar-refractivity contribution in [2.45, 2.75) is 6.42 Å². The average Bonchev–Trinajstić information content (AvgIpc) is 2.32. The van der Waals surface area contributed by atoms with Gasteiger partial charge in [-0.05, 0) is 44.4 Å². The fourth-order valence-corrected chi connectivity index (χ4v) is 2.14. The Kier molecular flexibility index (Phi) is 8.58. The number of benzene rings is 1. The Morgan fingerprint density at radius 2 is 1.79 bits per heavy atom. The second-order valence-electron chi connectivity index (χ2n) is 3.41. The monoisotopic (exact) mass is 450 g/mol. The minimum atomic E-state index is 0.394. The molecule has 0 saturated carbocycles. The normalized spacial score (nSPS) is 10.2. The van der Waals surface area contributed by atoms with E-state index in [0.29, 0.717) is 40.6 Å². The maximum atomic E-state index is 6.10. The Labute approximate surface area is 144 Å². The van der Waals surface area contributed by atoms with Gasteiger partial charge in [0.25, 0.3) is 0 Å². The van der Waals surface area contributed by atoms with Gasteiger partial charge in [0, 0.05) is 18.0 Å². The zero-order valence-electron chi connectivity index (χ0n) is 9.77. The summed E-state index contributed by atoms with van der Waals surface area (Å²) in [7, 11) is 0. The zero-order chi connectivity index (χ0) is 14.3. The molecule has 106 valence electrons. The largest absolute Gasteiger partial charge is 0.490 e. The Hall–Kier alpha value is 0.390. The van der Waals surface area contributed by atoms with E-state index in [0.717, 1.165) is 9.81 Å². The van der Waals surface area contributed by atoms with E-state index in [-0.39, 0.29) is 0 Å². The first-order valence-electron chi connectivity index (χ1n) is 5.36. The number of rotatable bonds is 7. The molecule has 0 N–H and O–H groups in total. The number of ether oxygens (including phenoxy) is 2. The first-order chi connectivity index (χ1) is 9.04. The summed E-state index contributed by atoms with van der Waals surface area (Å²) in [4.78, 5) is 0. The summed E-state index contributed by atoms with van der Waals surface area (Å²) < 4.78 is 11.8. The fourth-order valence-electron chi connectivity index (χ4n) is 1.19. The Balaban J connectivity index is 2.70. The molecular weight excluding hydrogens is 442 g/mol. The molecule has 0 unspecified atom stereocenters. The van der Waals surface area contributed by atoms with Gasteiger partial charge in [-0.3, -0.25) is 0 Å². The maximum absolute atomic E-state index is 6.10. The van der Waals surface area contributed by atoms with Crippen LogP contribution in [0.25, 0.3) is 0 Å². The summed E-state index contributed by atoms with van der Waals surface area (Å²) in [5, 5.41) is 0.831. The van der Waals surface area contributed by atoms with E-state index >= 15 is 0 Å². The number of alkyl halides is 1. The molecule has 0 spiro atoms. The minimum absolute atomic E-state index is 0.394. The highest BCUT2D eigenvalue weighted by Crippen LogP contribution is 2.37. The molecule has 0 aliphatic rings. The van der Waals surface area contributed by atoms with Crippen LogP contribution in [0.1, 0.15) is 6.42 Å². The molecule has 0 saturated heterocycles. The summed E-state index contributed by atoms with van der Waals surface area (Å²) in [5.41, 5.74) is 0. The molecule has 0 radical (unpaired) electrons. The fraction of sp³-hybridized carbons (Fsp3) is 0.333. The molecule has 0 bridgehead atoms. The van der Waals surface area contributed by atoms with Crippen LogP contribution in [0.15, 0.2) is 21.6 Å². The summed E-state index contributed by atoms with van der Waals surface area (Å²) in [6.45, 7) is 0.868. The molecular formula is C12H11Br2Cl3O2. The van der Waals surface area contributed by atoms with E-state index in [1.807, 2.05) is 6.08 Å². The molecule has 0 fully saturated rings. The van der Waals surface area contributed by atoms with Gasteiger partial charge < -0.3 is 9.47 Å². The SMILES string of the molecule is ClCCCOc1c(Cl)cc(OCC=C(Br)Br)cc1Cl. The van der Waals surface area contributed by atoms with Gasteiger partial charge in [0.05, 0.1) is 20.0 Å². The highest BCUT2D eigenvalue weighted by atomic mass is 79.9. The predicted molar refractivity (Wildman–Crippen MR) is 88.7 cm³/mol. The van der Waals surface area contributed by atoms with Crippen molar-refractivity contribution in [1.82, 2.24) is 0 Å². The van der Waals surface area contributed by atoms with E-state index in [9.17, 15) is 0 Å². The van der Waals surface area contributed by atoms with Crippen molar-refractivity contribution in [2.75, 3.05) is 19.1 Å². The van der Waals surface area contributed by atoms with Gasteiger partial charge >= 0.3 is 0 Å². The molecule has 0 aliphatic carbocycles. The van der Waals surface area contributed by atoms with E-state index in [1.54, 1.807) is 12.1 Å². The Morgan fingerprint density at radius 3 is 2.32 bits per heavy atom. The lowest BCUT2D eigenvalue weighted by molar-refractivity contribution is 0.317. The van der Waals surface area contributed by atoms with Crippen LogP contribution in [0.5, 0.6) is 11.5 Å².